The van der Waals surface area contributed by atoms with Gasteiger partial charge >= 0.3 is 5.97 Å². The number of esters is 1. The number of aryl methyl sites for hydroxylation is 1. The first kappa shape index (κ1) is 23.4. The zero-order chi connectivity index (χ0) is 23.6. The Balaban J connectivity index is 1.48. The molecule has 0 bridgehead atoms. The summed E-state index contributed by atoms with van der Waals surface area (Å²) < 4.78 is 46.6. The summed E-state index contributed by atoms with van der Waals surface area (Å²) in [4.78, 5) is 26.6. The van der Waals surface area contributed by atoms with Crippen LogP contribution in [-0.2, 0) is 26.0 Å². The number of carbonyl (C=O) groups excluding carboxylic acids is 2. The predicted molar refractivity (Wildman–Crippen MR) is 121 cm³/mol. The molecule has 2 aliphatic rings. The molecule has 0 spiro atoms. The molecule has 1 fully saturated rings. The van der Waals surface area contributed by atoms with Crippen molar-refractivity contribution < 1.29 is 27.1 Å². The zero-order valence-corrected chi connectivity index (χ0v) is 19.3. The van der Waals surface area contributed by atoms with Crippen LogP contribution in [-0.4, -0.2) is 50.3 Å². The van der Waals surface area contributed by atoms with Crippen LogP contribution in [0.4, 0.5) is 10.1 Å². The molecule has 7 nitrogen and oxygen atoms in total. The number of benzene rings is 2. The minimum atomic E-state index is -4.06. The van der Waals surface area contributed by atoms with Gasteiger partial charge in [0.25, 0.3) is 5.91 Å². The SMILES string of the molecule is CC1CCc2ccccc2N1C(=O)COC(=O)c1ccc(F)c(S(=O)(=O)N2CCCCC2)c1. The zero-order valence-electron chi connectivity index (χ0n) is 18.5. The van der Waals surface area contributed by atoms with Gasteiger partial charge in [0.1, 0.15) is 10.7 Å². The summed E-state index contributed by atoms with van der Waals surface area (Å²) in [7, 11) is -4.06. The molecule has 0 aliphatic carbocycles. The molecule has 1 amide bonds. The molecule has 176 valence electrons. The highest BCUT2D eigenvalue weighted by atomic mass is 32.2. The first-order valence-corrected chi connectivity index (χ1v) is 12.6. The average molecular weight is 475 g/mol. The molecule has 0 aromatic heterocycles. The van der Waals surface area contributed by atoms with Gasteiger partial charge in [0.2, 0.25) is 10.0 Å². The van der Waals surface area contributed by atoms with E-state index in [1.54, 1.807) is 4.90 Å². The van der Waals surface area contributed by atoms with E-state index in [9.17, 15) is 22.4 Å². The van der Waals surface area contributed by atoms with Crippen LogP contribution in [0.25, 0.3) is 0 Å². The molecule has 2 aliphatic heterocycles. The highest BCUT2D eigenvalue weighted by molar-refractivity contribution is 7.89. The number of piperidine rings is 1. The number of sulfonamides is 1. The summed E-state index contributed by atoms with van der Waals surface area (Å²) in [5.74, 6) is -2.17. The number of ether oxygens (including phenoxy) is 1. The number of hydrogen-bond acceptors (Lipinski definition) is 5. The van der Waals surface area contributed by atoms with E-state index in [-0.39, 0.29) is 17.5 Å². The lowest BCUT2D eigenvalue weighted by Gasteiger charge is -2.35. The Bertz CT molecular complexity index is 1160. The third kappa shape index (κ3) is 4.79. The van der Waals surface area contributed by atoms with Gasteiger partial charge in [0.15, 0.2) is 6.61 Å². The number of para-hydroxylation sites is 1. The second-order valence-corrected chi connectivity index (χ2v) is 10.4. The summed E-state index contributed by atoms with van der Waals surface area (Å²) in [6.07, 6.45) is 4.01. The van der Waals surface area contributed by atoms with Gasteiger partial charge in [-0.1, -0.05) is 24.6 Å². The molecule has 2 heterocycles. The summed E-state index contributed by atoms with van der Waals surface area (Å²) in [6, 6.07) is 10.7. The van der Waals surface area contributed by atoms with E-state index < -0.39 is 33.3 Å². The summed E-state index contributed by atoms with van der Waals surface area (Å²) in [6.45, 7) is 2.08. The number of anilines is 1. The van der Waals surface area contributed by atoms with E-state index >= 15 is 0 Å². The fourth-order valence-corrected chi connectivity index (χ4v) is 6.03. The van der Waals surface area contributed by atoms with Gasteiger partial charge in [0, 0.05) is 24.8 Å². The van der Waals surface area contributed by atoms with Crippen LogP contribution in [0, 0.1) is 5.82 Å². The Kier molecular flexibility index (Phi) is 6.81. The van der Waals surface area contributed by atoms with Crippen molar-refractivity contribution in [2.24, 2.45) is 0 Å². The molecule has 0 saturated carbocycles. The molecule has 1 atom stereocenters. The average Bonchev–Trinajstić information content (AvgIpc) is 2.83. The lowest BCUT2D eigenvalue weighted by atomic mass is 9.96. The first-order valence-electron chi connectivity index (χ1n) is 11.2. The van der Waals surface area contributed by atoms with Crippen LogP contribution in [0.2, 0.25) is 0 Å². The van der Waals surface area contributed by atoms with E-state index in [1.807, 2.05) is 31.2 Å². The van der Waals surface area contributed by atoms with E-state index in [4.69, 9.17) is 4.74 Å². The van der Waals surface area contributed by atoms with E-state index in [1.165, 1.54) is 4.31 Å². The fraction of sp³-hybridized carbons (Fsp3) is 0.417. The maximum Gasteiger partial charge on any atom is 0.338 e. The number of carbonyl (C=O) groups is 2. The highest BCUT2D eigenvalue weighted by Crippen LogP contribution is 2.30. The quantitative estimate of drug-likeness (QED) is 0.619. The van der Waals surface area contributed by atoms with Crippen molar-refractivity contribution in [3.05, 3.63) is 59.4 Å². The van der Waals surface area contributed by atoms with Crippen molar-refractivity contribution in [3.63, 3.8) is 0 Å². The Hall–Kier alpha value is -2.78. The Labute approximate surface area is 193 Å². The molecule has 2 aromatic rings. The Morgan fingerprint density at radius 1 is 1.09 bits per heavy atom. The normalized spacial score (nSPS) is 19.1. The van der Waals surface area contributed by atoms with Gasteiger partial charge in [-0.05, 0) is 62.4 Å². The van der Waals surface area contributed by atoms with Crippen LogP contribution >= 0.6 is 0 Å². The second-order valence-electron chi connectivity index (χ2n) is 8.47. The van der Waals surface area contributed by atoms with Crippen LogP contribution in [0.3, 0.4) is 0 Å². The molecule has 1 saturated heterocycles. The van der Waals surface area contributed by atoms with Crippen LogP contribution in [0.15, 0.2) is 47.4 Å². The number of fused-ring (bicyclic) bond motifs is 1. The second kappa shape index (κ2) is 9.61. The van der Waals surface area contributed by atoms with Crippen molar-refractivity contribution in [1.29, 1.82) is 0 Å². The minimum absolute atomic E-state index is 0.0433. The summed E-state index contributed by atoms with van der Waals surface area (Å²) in [5.41, 5.74) is 1.74. The number of amides is 1. The maximum atomic E-state index is 14.4. The lowest BCUT2D eigenvalue weighted by molar-refractivity contribution is -0.122. The third-order valence-corrected chi connectivity index (χ3v) is 8.13. The Morgan fingerprint density at radius 3 is 2.58 bits per heavy atom. The lowest BCUT2D eigenvalue weighted by Crippen LogP contribution is -2.44. The van der Waals surface area contributed by atoms with Crippen molar-refractivity contribution >= 4 is 27.6 Å². The molecule has 1 unspecified atom stereocenters. The largest absolute Gasteiger partial charge is 0.452 e. The molecule has 9 heteroatoms. The van der Waals surface area contributed by atoms with Crippen LogP contribution < -0.4 is 4.90 Å². The van der Waals surface area contributed by atoms with E-state index in [0.29, 0.717) is 25.9 Å². The topological polar surface area (TPSA) is 84.0 Å². The number of nitrogens with zero attached hydrogens (tertiary/aromatic N) is 2. The molecule has 33 heavy (non-hydrogen) atoms. The summed E-state index contributed by atoms with van der Waals surface area (Å²) >= 11 is 0. The summed E-state index contributed by atoms with van der Waals surface area (Å²) in [5, 5.41) is 0. The maximum absolute atomic E-state index is 14.4. The standard InChI is InChI=1S/C24H27FN2O5S/c1-17-9-10-18-7-3-4-8-21(18)27(17)23(28)16-32-24(29)19-11-12-20(25)22(15-19)33(30,31)26-13-5-2-6-14-26/h3-4,7-8,11-12,15,17H,2,5-6,9-10,13-14,16H2,1H3. The smallest absolute Gasteiger partial charge is 0.338 e. The van der Waals surface area contributed by atoms with E-state index in [0.717, 1.165) is 48.7 Å². The minimum Gasteiger partial charge on any atom is -0.452 e. The van der Waals surface area contributed by atoms with Crippen molar-refractivity contribution in [2.75, 3.05) is 24.6 Å². The third-order valence-electron chi connectivity index (χ3n) is 6.22. The van der Waals surface area contributed by atoms with Gasteiger partial charge in [-0.25, -0.2) is 17.6 Å². The number of rotatable bonds is 5. The molecular weight excluding hydrogens is 447 g/mol. The van der Waals surface area contributed by atoms with Crippen molar-refractivity contribution in [2.45, 2.75) is 50.0 Å². The molecular formula is C24H27FN2O5S. The van der Waals surface area contributed by atoms with Gasteiger partial charge in [-0.3, -0.25) is 4.79 Å². The van der Waals surface area contributed by atoms with Crippen molar-refractivity contribution in [3.8, 4) is 0 Å². The highest BCUT2D eigenvalue weighted by Gasteiger charge is 2.31. The monoisotopic (exact) mass is 474 g/mol. The predicted octanol–water partition coefficient (Wildman–Crippen LogP) is 3.53. The van der Waals surface area contributed by atoms with Crippen molar-refractivity contribution in [1.82, 2.24) is 4.31 Å². The first-order chi connectivity index (χ1) is 15.8. The molecule has 0 radical (unpaired) electrons. The van der Waals surface area contributed by atoms with Gasteiger partial charge < -0.3 is 9.64 Å². The Morgan fingerprint density at radius 2 is 1.82 bits per heavy atom. The molecule has 2 aromatic carbocycles. The number of halogens is 1. The van der Waals surface area contributed by atoms with Crippen LogP contribution in [0.5, 0.6) is 0 Å². The van der Waals surface area contributed by atoms with Crippen LogP contribution in [0.1, 0.15) is 48.5 Å². The molecule has 4 rings (SSSR count). The number of hydrogen-bond donors (Lipinski definition) is 0. The van der Waals surface area contributed by atoms with Gasteiger partial charge in [0.05, 0.1) is 5.56 Å². The van der Waals surface area contributed by atoms with E-state index in [2.05, 4.69) is 0 Å². The van der Waals surface area contributed by atoms with Gasteiger partial charge in [-0.2, -0.15) is 4.31 Å². The molecule has 0 N–H and O–H groups in total. The van der Waals surface area contributed by atoms with Gasteiger partial charge in [-0.15, -0.1) is 0 Å². The fourth-order valence-electron chi connectivity index (χ4n) is 4.42.